The van der Waals surface area contributed by atoms with Crippen LogP contribution in [0.4, 0.5) is 0 Å². The summed E-state index contributed by atoms with van der Waals surface area (Å²) < 4.78 is 0. The zero-order chi connectivity index (χ0) is 11.6. The molecule has 1 atom stereocenters. The first kappa shape index (κ1) is 12.5. The van der Waals surface area contributed by atoms with Gasteiger partial charge in [0.15, 0.2) is 5.78 Å². The molecular formula is C11H18ClNO2. The number of carbonyl (C=O) groups is 2. The Labute approximate surface area is 95.8 Å². The monoisotopic (exact) mass is 231 g/mol. The van der Waals surface area contributed by atoms with Gasteiger partial charge in [-0.3, -0.25) is 9.59 Å². The van der Waals surface area contributed by atoms with E-state index in [1.54, 1.807) is 4.90 Å². The van der Waals surface area contributed by atoms with Gasteiger partial charge < -0.3 is 4.90 Å². The highest BCUT2D eigenvalue weighted by molar-refractivity contribution is 6.28. The van der Waals surface area contributed by atoms with Crippen LogP contribution >= 0.6 is 11.6 Å². The lowest BCUT2D eigenvalue weighted by molar-refractivity contribution is -0.144. The van der Waals surface area contributed by atoms with Crippen molar-refractivity contribution in [3.63, 3.8) is 0 Å². The highest BCUT2D eigenvalue weighted by Crippen LogP contribution is 2.35. The van der Waals surface area contributed by atoms with Crippen molar-refractivity contribution in [3.8, 4) is 0 Å². The molecule has 86 valence electrons. The van der Waals surface area contributed by atoms with Gasteiger partial charge in [0.2, 0.25) is 5.91 Å². The minimum Gasteiger partial charge on any atom is -0.332 e. The molecule has 0 N–H and O–H groups in total. The Bertz CT molecular complexity index is 276. The van der Waals surface area contributed by atoms with Crippen LogP contribution in [0.15, 0.2) is 0 Å². The van der Waals surface area contributed by atoms with E-state index in [1.165, 1.54) is 6.92 Å². The number of ketones is 1. The van der Waals surface area contributed by atoms with Crippen molar-refractivity contribution in [2.24, 2.45) is 5.41 Å². The second-order valence-corrected chi connectivity index (χ2v) is 5.07. The van der Waals surface area contributed by atoms with Crippen LogP contribution in [0.2, 0.25) is 0 Å². The molecular weight excluding hydrogens is 214 g/mol. The van der Waals surface area contributed by atoms with Crippen LogP contribution in [0.3, 0.4) is 0 Å². The van der Waals surface area contributed by atoms with Crippen LogP contribution in [-0.2, 0) is 9.59 Å². The number of carbonyl (C=O) groups excluding carboxylic acids is 2. The Hall–Kier alpha value is -0.570. The molecule has 1 heterocycles. The van der Waals surface area contributed by atoms with E-state index < -0.39 is 0 Å². The normalized spacial score (nSPS) is 25.1. The predicted molar refractivity (Wildman–Crippen MR) is 59.9 cm³/mol. The maximum atomic E-state index is 11.8. The van der Waals surface area contributed by atoms with E-state index in [0.29, 0.717) is 6.54 Å². The fourth-order valence-corrected chi connectivity index (χ4v) is 2.56. The van der Waals surface area contributed by atoms with Gasteiger partial charge in [-0.05, 0) is 18.3 Å². The summed E-state index contributed by atoms with van der Waals surface area (Å²) in [5.41, 5.74) is -0.157. The first-order valence-electron chi connectivity index (χ1n) is 5.26. The number of Topliss-reactive ketones (excluding diaryl/α,β-unsaturated/α-hetero) is 1. The summed E-state index contributed by atoms with van der Waals surface area (Å²) in [4.78, 5) is 24.9. The van der Waals surface area contributed by atoms with Crippen LogP contribution < -0.4 is 0 Å². The second-order valence-electron chi connectivity index (χ2n) is 4.81. The van der Waals surface area contributed by atoms with Gasteiger partial charge in [0.05, 0.1) is 11.9 Å². The number of piperidine rings is 1. The van der Waals surface area contributed by atoms with E-state index in [4.69, 9.17) is 11.6 Å². The van der Waals surface area contributed by atoms with Crippen LogP contribution in [0.5, 0.6) is 0 Å². The van der Waals surface area contributed by atoms with E-state index in [1.807, 2.05) is 13.8 Å². The van der Waals surface area contributed by atoms with E-state index in [2.05, 4.69) is 0 Å². The third-order valence-corrected chi connectivity index (χ3v) is 3.38. The molecule has 1 unspecified atom stereocenters. The van der Waals surface area contributed by atoms with Gasteiger partial charge >= 0.3 is 0 Å². The van der Waals surface area contributed by atoms with Crippen molar-refractivity contribution in [2.75, 3.05) is 12.4 Å². The number of amides is 1. The fourth-order valence-electron chi connectivity index (χ4n) is 2.41. The third-order valence-electron chi connectivity index (χ3n) is 3.11. The predicted octanol–water partition coefficient (Wildman–Crippen LogP) is 1.83. The van der Waals surface area contributed by atoms with Gasteiger partial charge in [-0.25, -0.2) is 0 Å². The smallest absolute Gasteiger partial charge is 0.220 e. The summed E-state index contributed by atoms with van der Waals surface area (Å²) in [6.45, 7) is 6.23. The summed E-state index contributed by atoms with van der Waals surface area (Å²) in [6.07, 6.45) is 1.92. The molecule has 1 rings (SSSR count). The molecule has 0 aromatic heterocycles. The van der Waals surface area contributed by atoms with Gasteiger partial charge in [-0.15, -0.1) is 11.6 Å². The summed E-state index contributed by atoms with van der Waals surface area (Å²) in [5, 5.41) is 0. The molecule has 0 aromatic carbocycles. The van der Waals surface area contributed by atoms with Crippen LogP contribution in [0.1, 0.15) is 33.6 Å². The number of nitrogens with zero attached hydrogens (tertiary/aromatic N) is 1. The number of rotatable bonds is 2. The zero-order valence-corrected chi connectivity index (χ0v) is 10.3. The fraction of sp³-hybridized carbons (Fsp3) is 0.818. The first-order chi connectivity index (χ1) is 6.90. The number of likely N-dealkylation sites (tertiary alicyclic amines) is 1. The maximum Gasteiger partial charge on any atom is 0.220 e. The summed E-state index contributed by atoms with van der Waals surface area (Å²) in [7, 11) is 0. The van der Waals surface area contributed by atoms with Gasteiger partial charge in [0.1, 0.15) is 0 Å². The summed E-state index contributed by atoms with van der Waals surface area (Å²) in [6, 6.07) is -0.346. The van der Waals surface area contributed by atoms with Crippen molar-refractivity contribution >= 4 is 23.3 Å². The molecule has 1 amide bonds. The molecule has 0 radical (unpaired) electrons. The summed E-state index contributed by atoms with van der Waals surface area (Å²) >= 11 is 5.60. The number of alkyl halides is 1. The van der Waals surface area contributed by atoms with Crippen LogP contribution in [-0.4, -0.2) is 35.1 Å². The lowest BCUT2D eigenvalue weighted by Crippen LogP contribution is -2.56. The molecule has 0 spiro atoms. The molecule has 0 saturated carbocycles. The Morgan fingerprint density at radius 1 is 1.47 bits per heavy atom. The Balaban J connectivity index is 2.97. The molecule has 3 nitrogen and oxygen atoms in total. The van der Waals surface area contributed by atoms with Crippen molar-refractivity contribution in [1.29, 1.82) is 0 Å². The third kappa shape index (κ3) is 2.51. The minimum absolute atomic E-state index is 0.0160. The number of halogens is 1. The molecule has 0 aromatic rings. The van der Waals surface area contributed by atoms with Gasteiger partial charge in [0, 0.05) is 13.5 Å². The largest absolute Gasteiger partial charge is 0.332 e. The molecule has 1 aliphatic heterocycles. The second kappa shape index (κ2) is 4.52. The Morgan fingerprint density at radius 2 is 2.07 bits per heavy atom. The molecule has 0 bridgehead atoms. The quantitative estimate of drug-likeness (QED) is 0.680. The molecule has 1 aliphatic rings. The molecule has 0 aliphatic carbocycles. The summed E-state index contributed by atoms with van der Waals surface area (Å²) in [5.74, 6) is -0.0967. The molecule has 4 heteroatoms. The lowest BCUT2D eigenvalue weighted by Gasteiger charge is -2.45. The van der Waals surface area contributed by atoms with Crippen molar-refractivity contribution in [1.82, 2.24) is 4.90 Å². The average Bonchev–Trinajstić information content (AvgIpc) is 2.14. The standard InChI is InChI=1S/C11H18ClNO2/c1-8(14)13-6-4-5-11(2,3)10(13)9(15)7-12/h10H,4-7H2,1-3H3. The highest BCUT2D eigenvalue weighted by atomic mass is 35.5. The number of hydrogen-bond donors (Lipinski definition) is 0. The molecule has 1 fully saturated rings. The minimum atomic E-state index is -0.346. The Kier molecular flexibility index (Phi) is 3.77. The molecule has 1 saturated heterocycles. The van der Waals surface area contributed by atoms with Crippen molar-refractivity contribution < 1.29 is 9.59 Å². The van der Waals surface area contributed by atoms with Crippen LogP contribution in [0, 0.1) is 5.41 Å². The van der Waals surface area contributed by atoms with Gasteiger partial charge in [0.25, 0.3) is 0 Å². The van der Waals surface area contributed by atoms with Gasteiger partial charge in [-0.2, -0.15) is 0 Å². The van der Waals surface area contributed by atoms with Crippen molar-refractivity contribution in [2.45, 2.75) is 39.7 Å². The van der Waals surface area contributed by atoms with Crippen LogP contribution in [0.25, 0.3) is 0 Å². The lowest BCUT2D eigenvalue weighted by atomic mass is 9.75. The topological polar surface area (TPSA) is 37.4 Å². The van der Waals surface area contributed by atoms with E-state index in [-0.39, 0.29) is 29.0 Å². The van der Waals surface area contributed by atoms with E-state index in [0.717, 1.165) is 12.8 Å². The highest BCUT2D eigenvalue weighted by Gasteiger charge is 2.42. The SMILES string of the molecule is CC(=O)N1CCCC(C)(C)C1C(=O)CCl. The van der Waals surface area contributed by atoms with Crippen molar-refractivity contribution in [3.05, 3.63) is 0 Å². The average molecular weight is 232 g/mol. The van der Waals surface area contributed by atoms with E-state index in [9.17, 15) is 9.59 Å². The zero-order valence-electron chi connectivity index (χ0n) is 9.55. The Morgan fingerprint density at radius 3 is 2.53 bits per heavy atom. The molecule has 15 heavy (non-hydrogen) atoms. The van der Waals surface area contributed by atoms with E-state index >= 15 is 0 Å². The number of hydrogen-bond acceptors (Lipinski definition) is 2. The maximum absolute atomic E-state index is 11.8. The first-order valence-corrected chi connectivity index (χ1v) is 5.79. The van der Waals surface area contributed by atoms with Gasteiger partial charge in [-0.1, -0.05) is 13.8 Å².